The zero-order chi connectivity index (χ0) is 22.6. The van der Waals surface area contributed by atoms with Gasteiger partial charge in [0.25, 0.3) is 0 Å². The molecule has 2 aromatic carbocycles. The summed E-state index contributed by atoms with van der Waals surface area (Å²) in [6.45, 7) is 1.06. The third kappa shape index (κ3) is 4.38. The first kappa shape index (κ1) is 21.6. The largest absolute Gasteiger partial charge is 0.465 e. The van der Waals surface area contributed by atoms with Crippen LogP contribution in [0.4, 0.5) is 5.95 Å². The Balaban J connectivity index is 1.61. The summed E-state index contributed by atoms with van der Waals surface area (Å²) in [5.41, 5.74) is 8.96. The minimum absolute atomic E-state index is 0.117. The van der Waals surface area contributed by atoms with Gasteiger partial charge in [-0.05, 0) is 41.7 Å². The molecule has 1 aliphatic rings. The van der Waals surface area contributed by atoms with E-state index in [9.17, 15) is 9.59 Å². The molecule has 0 bridgehead atoms. The van der Waals surface area contributed by atoms with Crippen molar-refractivity contribution in [1.29, 1.82) is 0 Å². The Bertz CT molecular complexity index is 1100. The smallest absolute Gasteiger partial charge is 0.337 e. The number of hydrogen-bond acceptors (Lipinski definition) is 7. The van der Waals surface area contributed by atoms with E-state index in [0.717, 1.165) is 22.3 Å². The van der Waals surface area contributed by atoms with E-state index in [1.54, 1.807) is 30.6 Å². The van der Waals surface area contributed by atoms with Gasteiger partial charge in [-0.1, -0.05) is 36.4 Å². The lowest BCUT2D eigenvalue weighted by Crippen LogP contribution is -2.42. The molecular weight excluding hydrogens is 406 g/mol. The van der Waals surface area contributed by atoms with Gasteiger partial charge >= 0.3 is 5.97 Å². The van der Waals surface area contributed by atoms with Gasteiger partial charge in [-0.3, -0.25) is 4.79 Å². The van der Waals surface area contributed by atoms with Gasteiger partial charge in [0.05, 0.1) is 18.1 Å². The Kier molecular flexibility index (Phi) is 6.28. The molecule has 1 fully saturated rings. The predicted octanol–water partition coefficient (Wildman–Crippen LogP) is 3.37. The van der Waals surface area contributed by atoms with Gasteiger partial charge in [0.15, 0.2) is 0 Å². The number of aromatic nitrogens is 2. The van der Waals surface area contributed by atoms with Gasteiger partial charge in [-0.2, -0.15) is 0 Å². The van der Waals surface area contributed by atoms with Crippen LogP contribution in [0.2, 0.25) is 0 Å². The van der Waals surface area contributed by atoms with Gasteiger partial charge in [-0.15, -0.1) is 0 Å². The highest BCUT2D eigenvalue weighted by molar-refractivity contribution is 5.93. The molecule has 0 amide bonds. The van der Waals surface area contributed by atoms with E-state index in [1.165, 1.54) is 7.11 Å². The summed E-state index contributed by atoms with van der Waals surface area (Å²) >= 11 is 0. The summed E-state index contributed by atoms with van der Waals surface area (Å²) in [7, 11) is 1.34. The molecule has 3 aromatic rings. The number of ether oxygens (including phenoxy) is 2. The maximum absolute atomic E-state index is 13.6. The number of hydrogen-bond donors (Lipinski definition) is 1. The highest BCUT2D eigenvalue weighted by Gasteiger charge is 2.41. The van der Waals surface area contributed by atoms with Crippen LogP contribution >= 0.6 is 0 Å². The molecule has 32 heavy (non-hydrogen) atoms. The molecule has 164 valence electrons. The van der Waals surface area contributed by atoms with Crippen LogP contribution in [0.1, 0.15) is 34.3 Å². The Morgan fingerprint density at radius 1 is 1.03 bits per heavy atom. The normalized spacial score (nSPS) is 15.2. The molecule has 1 aliphatic heterocycles. The summed E-state index contributed by atoms with van der Waals surface area (Å²) in [6.07, 6.45) is 4.83. The Morgan fingerprint density at radius 2 is 1.72 bits per heavy atom. The third-order valence-corrected chi connectivity index (χ3v) is 6.04. The third-order valence-electron chi connectivity index (χ3n) is 6.04. The summed E-state index contributed by atoms with van der Waals surface area (Å²) in [6, 6.07) is 15.0. The van der Waals surface area contributed by atoms with E-state index in [1.807, 2.05) is 30.3 Å². The molecule has 7 heteroatoms. The van der Waals surface area contributed by atoms with E-state index in [0.29, 0.717) is 31.6 Å². The molecule has 0 saturated carbocycles. The molecule has 4 rings (SSSR count). The van der Waals surface area contributed by atoms with Gasteiger partial charge in [0.2, 0.25) is 5.95 Å². The Morgan fingerprint density at radius 3 is 2.38 bits per heavy atom. The number of nitrogen functional groups attached to an aromatic ring is 1. The second-order valence-corrected chi connectivity index (χ2v) is 7.89. The molecule has 0 radical (unpaired) electrons. The van der Waals surface area contributed by atoms with Crippen molar-refractivity contribution in [3.8, 4) is 11.1 Å². The summed E-state index contributed by atoms with van der Waals surface area (Å²) < 4.78 is 10.4. The molecule has 0 aliphatic carbocycles. The average molecular weight is 431 g/mol. The lowest BCUT2D eigenvalue weighted by atomic mass is 9.69. The van der Waals surface area contributed by atoms with E-state index in [4.69, 9.17) is 15.2 Å². The van der Waals surface area contributed by atoms with E-state index >= 15 is 0 Å². The standard InChI is InChI=1S/C25H25N3O4/c1-31-23(30)19-4-2-3-17(13-19)14-22(29)25(9-11-32-12-10-25)21-7-5-18(6-8-21)20-15-27-24(26)28-16-20/h2-8,13,15-16H,9-12,14H2,1H3,(H2,26,27,28). The minimum Gasteiger partial charge on any atom is -0.465 e. The van der Waals surface area contributed by atoms with Crippen LogP contribution in [0, 0.1) is 0 Å². The first-order valence-electron chi connectivity index (χ1n) is 10.5. The number of rotatable bonds is 6. The second-order valence-electron chi connectivity index (χ2n) is 7.89. The molecular formula is C25H25N3O4. The minimum atomic E-state index is -0.629. The SMILES string of the molecule is COC(=O)c1cccc(CC(=O)C2(c3ccc(-c4cnc(N)nc4)cc3)CCOCC2)c1. The van der Waals surface area contributed by atoms with Crippen molar-refractivity contribution in [3.05, 3.63) is 77.6 Å². The molecule has 0 atom stereocenters. The van der Waals surface area contributed by atoms with Crippen LogP contribution in [0.5, 0.6) is 0 Å². The number of esters is 1. The molecule has 7 nitrogen and oxygen atoms in total. The van der Waals surface area contributed by atoms with Crippen molar-refractivity contribution in [1.82, 2.24) is 9.97 Å². The fourth-order valence-electron chi connectivity index (χ4n) is 4.20. The van der Waals surface area contributed by atoms with Crippen LogP contribution in [0.25, 0.3) is 11.1 Å². The number of nitrogens with zero attached hydrogens (tertiary/aromatic N) is 2. The van der Waals surface area contributed by atoms with Crippen molar-refractivity contribution in [2.45, 2.75) is 24.7 Å². The molecule has 1 saturated heterocycles. The molecule has 0 unspecified atom stereocenters. The maximum Gasteiger partial charge on any atom is 0.337 e. The predicted molar refractivity (Wildman–Crippen MR) is 120 cm³/mol. The molecule has 2 heterocycles. The van der Waals surface area contributed by atoms with Crippen molar-refractivity contribution in [3.63, 3.8) is 0 Å². The fraction of sp³-hybridized carbons (Fsp3) is 0.280. The van der Waals surface area contributed by atoms with Crippen LogP contribution in [-0.2, 0) is 26.1 Å². The van der Waals surface area contributed by atoms with Gasteiger partial charge in [0.1, 0.15) is 5.78 Å². The monoisotopic (exact) mass is 431 g/mol. The highest BCUT2D eigenvalue weighted by atomic mass is 16.5. The lowest BCUT2D eigenvalue weighted by Gasteiger charge is -2.36. The topological polar surface area (TPSA) is 104 Å². The van der Waals surface area contributed by atoms with Crippen molar-refractivity contribution in [2.75, 3.05) is 26.1 Å². The van der Waals surface area contributed by atoms with E-state index < -0.39 is 11.4 Å². The highest BCUT2D eigenvalue weighted by Crippen LogP contribution is 2.37. The number of carbonyl (C=O) groups is 2. The van der Waals surface area contributed by atoms with Crippen molar-refractivity contribution in [2.24, 2.45) is 0 Å². The van der Waals surface area contributed by atoms with Gasteiger partial charge in [0, 0.05) is 37.6 Å². The number of methoxy groups -OCH3 is 1. The number of ketones is 1. The number of Topliss-reactive ketones (excluding diaryl/α,β-unsaturated/α-hetero) is 1. The fourth-order valence-corrected chi connectivity index (χ4v) is 4.20. The van der Waals surface area contributed by atoms with Crippen LogP contribution in [0.3, 0.4) is 0 Å². The maximum atomic E-state index is 13.6. The van der Waals surface area contributed by atoms with Crippen LogP contribution in [-0.4, -0.2) is 42.0 Å². The Labute approximate surface area is 186 Å². The number of nitrogens with two attached hydrogens (primary N) is 1. The van der Waals surface area contributed by atoms with E-state index in [-0.39, 0.29) is 18.2 Å². The van der Waals surface area contributed by atoms with Crippen molar-refractivity contribution < 1.29 is 19.1 Å². The number of benzene rings is 2. The molecule has 0 spiro atoms. The molecule has 1 aromatic heterocycles. The quantitative estimate of drug-likeness (QED) is 0.597. The second kappa shape index (κ2) is 9.28. The number of anilines is 1. The van der Waals surface area contributed by atoms with Gasteiger partial charge in [-0.25, -0.2) is 14.8 Å². The summed E-state index contributed by atoms with van der Waals surface area (Å²) in [4.78, 5) is 33.6. The average Bonchev–Trinajstić information content (AvgIpc) is 2.84. The zero-order valence-corrected chi connectivity index (χ0v) is 17.9. The summed E-state index contributed by atoms with van der Waals surface area (Å²) in [5.74, 6) is -0.0675. The summed E-state index contributed by atoms with van der Waals surface area (Å²) in [5, 5.41) is 0. The molecule has 2 N–H and O–H groups in total. The van der Waals surface area contributed by atoms with Crippen molar-refractivity contribution >= 4 is 17.7 Å². The Hall–Kier alpha value is -3.58. The van der Waals surface area contributed by atoms with E-state index in [2.05, 4.69) is 9.97 Å². The first-order chi connectivity index (χ1) is 15.5. The zero-order valence-electron chi connectivity index (χ0n) is 17.9. The van der Waals surface area contributed by atoms with Crippen LogP contribution in [0.15, 0.2) is 60.9 Å². The first-order valence-corrected chi connectivity index (χ1v) is 10.5. The lowest BCUT2D eigenvalue weighted by molar-refractivity contribution is -0.127. The number of carbonyl (C=O) groups excluding carboxylic acids is 2. The van der Waals surface area contributed by atoms with Crippen LogP contribution < -0.4 is 5.73 Å². The van der Waals surface area contributed by atoms with Gasteiger partial charge < -0.3 is 15.2 Å².